The van der Waals surface area contributed by atoms with E-state index in [1.165, 1.54) is 13.4 Å². The molecule has 270 valence electrons. The second-order valence-corrected chi connectivity index (χ2v) is 14.1. The second kappa shape index (κ2) is 16.1. The SMILES string of the molecule is CNC(C)C(=O)NC(C(=O)N1CCCC1C(=O)Nc1cc2c(Nc3cc(Cl)c(OCc4ccccn4)c(Cl)c3)ncnc2cc1OC)C(C)(C)C. The smallest absolute Gasteiger partial charge is 0.247 e. The Kier molecular flexibility index (Phi) is 11.8. The lowest BCUT2D eigenvalue weighted by molar-refractivity contribution is -0.143. The lowest BCUT2D eigenvalue weighted by atomic mass is 9.85. The third-order valence-electron chi connectivity index (χ3n) is 8.63. The first kappa shape index (κ1) is 37.5. The highest BCUT2D eigenvalue weighted by molar-refractivity contribution is 6.37. The van der Waals surface area contributed by atoms with Crippen LogP contribution in [0.4, 0.5) is 17.2 Å². The number of halogens is 2. The van der Waals surface area contributed by atoms with Crippen LogP contribution in [0.25, 0.3) is 10.9 Å². The number of carbonyl (C=O) groups is 3. The van der Waals surface area contributed by atoms with Crippen LogP contribution in [0.1, 0.15) is 46.2 Å². The van der Waals surface area contributed by atoms with Crippen LogP contribution in [-0.2, 0) is 21.0 Å². The topological polar surface area (TPSA) is 160 Å². The largest absolute Gasteiger partial charge is 0.494 e. The number of likely N-dealkylation sites (tertiary alicyclic amines) is 1. The molecule has 15 heteroatoms. The Labute approximate surface area is 306 Å². The molecule has 5 rings (SSSR count). The van der Waals surface area contributed by atoms with Crippen molar-refractivity contribution < 1.29 is 23.9 Å². The van der Waals surface area contributed by atoms with Crippen molar-refractivity contribution in [2.75, 3.05) is 31.3 Å². The van der Waals surface area contributed by atoms with Crippen molar-refractivity contribution in [2.45, 2.75) is 65.3 Å². The van der Waals surface area contributed by atoms with Crippen molar-refractivity contribution in [1.29, 1.82) is 0 Å². The molecule has 2 aromatic carbocycles. The van der Waals surface area contributed by atoms with Gasteiger partial charge < -0.3 is 35.6 Å². The predicted octanol–water partition coefficient (Wildman–Crippen LogP) is 5.73. The van der Waals surface area contributed by atoms with Gasteiger partial charge in [0.25, 0.3) is 0 Å². The van der Waals surface area contributed by atoms with Crippen molar-refractivity contribution in [3.63, 3.8) is 0 Å². The number of rotatable bonds is 12. The maximum Gasteiger partial charge on any atom is 0.247 e. The van der Waals surface area contributed by atoms with Gasteiger partial charge in [0.1, 0.15) is 36.6 Å². The summed E-state index contributed by atoms with van der Waals surface area (Å²) >= 11 is 13.2. The van der Waals surface area contributed by atoms with Gasteiger partial charge in [-0.2, -0.15) is 0 Å². The molecule has 3 unspecified atom stereocenters. The minimum absolute atomic E-state index is 0.191. The van der Waals surface area contributed by atoms with Gasteiger partial charge in [0, 0.05) is 29.9 Å². The highest BCUT2D eigenvalue weighted by Crippen LogP contribution is 2.39. The van der Waals surface area contributed by atoms with Crippen molar-refractivity contribution in [1.82, 2.24) is 30.5 Å². The Morgan fingerprint density at radius 2 is 1.80 bits per heavy atom. The van der Waals surface area contributed by atoms with Crippen molar-refractivity contribution >= 4 is 69.0 Å². The van der Waals surface area contributed by atoms with E-state index in [4.69, 9.17) is 32.7 Å². The fourth-order valence-electron chi connectivity index (χ4n) is 5.72. The van der Waals surface area contributed by atoms with Crippen molar-refractivity contribution in [3.05, 3.63) is 70.7 Å². The maximum absolute atomic E-state index is 13.9. The van der Waals surface area contributed by atoms with Crippen LogP contribution in [0.3, 0.4) is 0 Å². The van der Waals surface area contributed by atoms with Crippen LogP contribution in [0.5, 0.6) is 11.5 Å². The van der Waals surface area contributed by atoms with Crippen LogP contribution in [0.2, 0.25) is 10.0 Å². The molecule has 2 aromatic heterocycles. The number of benzene rings is 2. The number of aromatic nitrogens is 3. The first-order valence-electron chi connectivity index (χ1n) is 16.5. The number of carbonyl (C=O) groups excluding carboxylic acids is 3. The van der Waals surface area contributed by atoms with E-state index in [1.54, 1.807) is 49.3 Å². The zero-order valence-electron chi connectivity index (χ0n) is 29.3. The fourth-order valence-corrected chi connectivity index (χ4v) is 6.31. The summed E-state index contributed by atoms with van der Waals surface area (Å²) in [4.78, 5) is 55.2. The molecular weight excluding hydrogens is 695 g/mol. The molecule has 51 heavy (non-hydrogen) atoms. The summed E-state index contributed by atoms with van der Waals surface area (Å²) in [5.41, 5.74) is 1.58. The van der Waals surface area contributed by atoms with E-state index in [2.05, 4.69) is 36.2 Å². The molecule has 0 spiro atoms. The van der Waals surface area contributed by atoms with Gasteiger partial charge in [0.05, 0.1) is 40.1 Å². The molecule has 13 nitrogen and oxygen atoms in total. The summed E-state index contributed by atoms with van der Waals surface area (Å²) in [5, 5.41) is 13.1. The third kappa shape index (κ3) is 8.78. The Balaban J connectivity index is 1.37. The third-order valence-corrected chi connectivity index (χ3v) is 9.19. The number of methoxy groups -OCH3 is 1. The predicted molar refractivity (Wildman–Crippen MR) is 198 cm³/mol. The number of amides is 3. The number of fused-ring (bicyclic) bond motifs is 1. The van der Waals surface area contributed by atoms with E-state index in [1.807, 2.05) is 39.0 Å². The Hall–Kier alpha value is -4.72. The molecule has 0 bridgehead atoms. The van der Waals surface area contributed by atoms with Gasteiger partial charge in [-0.3, -0.25) is 19.4 Å². The molecule has 1 fully saturated rings. The summed E-state index contributed by atoms with van der Waals surface area (Å²) < 4.78 is 11.5. The van der Waals surface area contributed by atoms with E-state index in [0.29, 0.717) is 59.0 Å². The van der Waals surface area contributed by atoms with Gasteiger partial charge in [-0.1, -0.05) is 50.0 Å². The number of ether oxygens (including phenoxy) is 2. The van der Waals surface area contributed by atoms with Gasteiger partial charge in [-0.25, -0.2) is 9.97 Å². The van der Waals surface area contributed by atoms with Crippen LogP contribution in [0.15, 0.2) is 55.0 Å². The number of likely N-dealkylation sites (N-methyl/N-ethyl adjacent to an activating group) is 1. The average molecular weight is 738 g/mol. The van der Waals surface area contributed by atoms with E-state index in [-0.39, 0.29) is 34.4 Å². The normalized spacial score (nSPS) is 15.6. The molecule has 1 aliphatic rings. The minimum Gasteiger partial charge on any atom is -0.494 e. The first-order chi connectivity index (χ1) is 24.3. The van der Waals surface area contributed by atoms with Crippen LogP contribution >= 0.6 is 23.2 Å². The highest BCUT2D eigenvalue weighted by atomic mass is 35.5. The van der Waals surface area contributed by atoms with Crippen molar-refractivity contribution in [3.8, 4) is 11.5 Å². The summed E-state index contributed by atoms with van der Waals surface area (Å²) in [5.74, 6) is 0.121. The number of hydrogen-bond acceptors (Lipinski definition) is 10. The highest BCUT2D eigenvalue weighted by Gasteiger charge is 2.42. The summed E-state index contributed by atoms with van der Waals surface area (Å²) in [6.45, 7) is 7.94. The maximum atomic E-state index is 13.9. The lowest BCUT2D eigenvalue weighted by Crippen LogP contribution is -2.59. The molecule has 0 aliphatic carbocycles. The zero-order chi connectivity index (χ0) is 36.9. The molecule has 3 atom stereocenters. The van der Waals surface area contributed by atoms with Gasteiger partial charge in [0.2, 0.25) is 17.7 Å². The number of nitrogens with one attached hydrogen (secondary N) is 4. The van der Waals surface area contributed by atoms with Gasteiger partial charge in [0.15, 0.2) is 5.75 Å². The standard InChI is InChI=1S/C36H42Cl2N8O5/c1-20(39-5)33(47)45-31(36(2,3)4)35(49)46-13-9-11-28(46)34(48)44-27-16-23-26(17-29(27)50-6)41-19-42-32(23)43-22-14-24(37)30(25(38)15-22)51-18-21-10-7-8-12-40-21/h7-8,10,12,14-17,19-20,28,31,39H,9,11,13,18H2,1-6H3,(H,44,48)(H,45,47)(H,41,42,43). The summed E-state index contributed by atoms with van der Waals surface area (Å²) in [6.07, 6.45) is 4.18. The van der Waals surface area contributed by atoms with Crippen LogP contribution in [0, 0.1) is 5.41 Å². The fraction of sp³-hybridized carbons (Fsp3) is 0.389. The number of hydrogen-bond donors (Lipinski definition) is 4. The van der Waals surface area contributed by atoms with E-state index in [0.717, 1.165) is 5.69 Å². The molecule has 3 heterocycles. The average Bonchev–Trinajstić information content (AvgIpc) is 3.60. The molecule has 1 aliphatic heterocycles. The van der Waals surface area contributed by atoms with Crippen molar-refractivity contribution in [2.24, 2.45) is 5.41 Å². The van der Waals surface area contributed by atoms with Crippen LogP contribution in [-0.4, -0.2) is 76.4 Å². The quantitative estimate of drug-likeness (QED) is 0.141. The molecule has 3 amide bonds. The summed E-state index contributed by atoms with van der Waals surface area (Å²) in [6, 6.07) is 10.2. The van der Waals surface area contributed by atoms with E-state index < -0.39 is 23.5 Å². The lowest BCUT2D eigenvalue weighted by Gasteiger charge is -2.36. The molecule has 0 radical (unpaired) electrons. The minimum atomic E-state index is -0.835. The molecular formula is C36H42Cl2N8O5. The Morgan fingerprint density at radius 1 is 1.06 bits per heavy atom. The molecule has 1 saturated heterocycles. The Bertz CT molecular complexity index is 1880. The molecule has 4 N–H and O–H groups in total. The van der Waals surface area contributed by atoms with Gasteiger partial charge in [-0.15, -0.1) is 0 Å². The second-order valence-electron chi connectivity index (χ2n) is 13.3. The van der Waals surface area contributed by atoms with Gasteiger partial charge in [-0.05, 0) is 62.6 Å². The summed E-state index contributed by atoms with van der Waals surface area (Å²) in [7, 11) is 3.17. The molecule has 4 aromatic rings. The number of nitrogens with zero attached hydrogens (tertiary/aromatic N) is 4. The van der Waals surface area contributed by atoms with Gasteiger partial charge >= 0.3 is 0 Å². The van der Waals surface area contributed by atoms with E-state index in [9.17, 15) is 14.4 Å². The first-order valence-corrected chi connectivity index (χ1v) is 17.3. The van der Waals surface area contributed by atoms with Crippen LogP contribution < -0.4 is 30.7 Å². The Morgan fingerprint density at radius 3 is 2.45 bits per heavy atom. The monoisotopic (exact) mass is 736 g/mol. The zero-order valence-corrected chi connectivity index (χ0v) is 30.9. The van der Waals surface area contributed by atoms with E-state index >= 15 is 0 Å². The number of anilines is 3. The molecule has 0 saturated carbocycles. The number of pyridine rings is 1.